The first kappa shape index (κ1) is 13.4. The highest BCUT2D eigenvalue weighted by Crippen LogP contribution is 2.25. The van der Waals surface area contributed by atoms with Crippen molar-refractivity contribution >= 4 is 23.2 Å². The molecule has 2 atom stereocenters. The molecule has 2 rings (SSSR count). The van der Waals surface area contributed by atoms with Crippen molar-refractivity contribution in [3.05, 3.63) is 29.8 Å². The van der Waals surface area contributed by atoms with Crippen LogP contribution in [0.4, 0.5) is 5.69 Å². The van der Waals surface area contributed by atoms with E-state index in [0.29, 0.717) is 12.5 Å². The molecule has 1 aromatic carbocycles. The van der Waals surface area contributed by atoms with Gasteiger partial charge in [-0.15, -0.1) is 11.6 Å². The molecule has 2 unspecified atom stereocenters. The first-order valence-corrected chi connectivity index (χ1v) is 6.85. The maximum Gasteiger partial charge on any atom is 0.230 e. The molecule has 1 heterocycles. The lowest BCUT2D eigenvalue weighted by Crippen LogP contribution is -2.29. The number of anilines is 1. The molecule has 0 aromatic heterocycles. The van der Waals surface area contributed by atoms with Crippen molar-refractivity contribution in [3.8, 4) is 0 Å². The summed E-state index contributed by atoms with van der Waals surface area (Å²) >= 11 is 5.72. The first-order valence-electron chi connectivity index (χ1n) is 6.32. The van der Waals surface area contributed by atoms with Crippen LogP contribution in [0.25, 0.3) is 0 Å². The number of rotatable bonds is 4. The zero-order valence-electron chi connectivity index (χ0n) is 10.5. The first-order chi connectivity index (χ1) is 8.74. The molecule has 0 radical (unpaired) electrons. The van der Waals surface area contributed by atoms with Gasteiger partial charge in [0.1, 0.15) is 0 Å². The minimum atomic E-state index is -0.0253. The molecule has 0 aliphatic carbocycles. The summed E-state index contributed by atoms with van der Waals surface area (Å²) in [5, 5.41) is 2.94. The quantitative estimate of drug-likeness (QED) is 0.851. The standard InChI is InChI=1S/C14H18ClNO2/c1-2-13-12(7-8-18-13)14(17)16-11-5-3-10(9-15)4-6-11/h3-6,12-13H,2,7-9H2,1H3,(H,16,17). The van der Waals surface area contributed by atoms with E-state index < -0.39 is 0 Å². The molecule has 4 heteroatoms. The van der Waals surface area contributed by atoms with Crippen molar-refractivity contribution in [1.29, 1.82) is 0 Å². The molecule has 1 amide bonds. The number of ether oxygens (including phenoxy) is 1. The van der Waals surface area contributed by atoms with E-state index in [-0.39, 0.29) is 17.9 Å². The average molecular weight is 268 g/mol. The smallest absolute Gasteiger partial charge is 0.230 e. The monoisotopic (exact) mass is 267 g/mol. The molecule has 1 aliphatic rings. The number of amides is 1. The van der Waals surface area contributed by atoms with Gasteiger partial charge in [-0.1, -0.05) is 19.1 Å². The molecule has 18 heavy (non-hydrogen) atoms. The molecule has 1 aromatic rings. The molecule has 0 spiro atoms. The second kappa shape index (κ2) is 6.21. The van der Waals surface area contributed by atoms with Gasteiger partial charge in [-0.25, -0.2) is 0 Å². The van der Waals surface area contributed by atoms with Gasteiger partial charge < -0.3 is 10.1 Å². The Bertz CT molecular complexity index is 405. The number of halogens is 1. The van der Waals surface area contributed by atoms with Crippen LogP contribution < -0.4 is 5.32 Å². The molecular weight excluding hydrogens is 250 g/mol. The number of hydrogen-bond acceptors (Lipinski definition) is 2. The molecule has 1 fully saturated rings. The number of carbonyl (C=O) groups is 1. The van der Waals surface area contributed by atoms with Gasteiger partial charge in [-0.2, -0.15) is 0 Å². The highest BCUT2D eigenvalue weighted by atomic mass is 35.5. The van der Waals surface area contributed by atoms with Crippen molar-refractivity contribution in [1.82, 2.24) is 0 Å². The predicted octanol–water partition coefficient (Wildman–Crippen LogP) is 3.18. The summed E-state index contributed by atoms with van der Waals surface area (Å²) in [6.07, 6.45) is 1.75. The van der Waals surface area contributed by atoms with Gasteiger partial charge in [0.15, 0.2) is 0 Å². The van der Waals surface area contributed by atoms with Gasteiger partial charge in [0, 0.05) is 18.2 Å². The van der Waals surface area contributed by atoms with Gasteiger partial charge in [-0.05, 0) is 30.5 Å². The molecule has 0 bridgehead atoms. The van der Waals surface area contributed by atoms with Gasteiger partial charge in [0.05, 0.1) is 12.0 Å². The zero-order valence-corrected chi connectivity index (χ0v) is 11.2. The van der Waals surface area contributed by atoms with E-state index in [1.807, 2.05) is 31.2 Å². The van der Waals surface area contributed by atoms with Gasteiger partial charge in [0.2, 0.25) is 5.91 Å². The summed E-state index contributed by atoms with van der Waals surface area (Å²) in [7, 11) is 0. The van der Waals surface area contributed by atoms with E-state index in [1.165, 1.54) is 0 Å². The molecule has 3 nitrogen and oxygen atoms in total. The van der Waals surface area contributed by atoms with E-state index in [0.717, 1.165) is 24.1 Å². The van der Waals surface area contributed by atoms with E-state index in [1.54, 1.807) is 0 Å². The van der Waals surface area contributed by atoms with Crippen LogP contribution in [0, 0.1) is 5.92 Å². The minimum Gasteiger partial charge on any atom is -0.377 e. The van der Waals surface area contributed by atoms with E-state index in [2.05, 4.69) is 5.32 Å². The number of carbonyl (C=O) groups excluding carboxylic acids is 1. The van der Waals surface area contributed by atoms with Crippen molar-refractivity contribution in [3.63, 3.8) is 0 Å². The Balaban J connectivity index is 1.97. The van der Waals surface area contributed by atoms with Gasteiger partial charge in [-0.3, -0.25) is 4.79 Å². The molecule has 0 saturated carbocycles. The summed E-state index contributed by atoms with van der Waals surface area (Å²) < 4.78 is 5.53. The summed E-state index contributed by atoms with van der Waals surface area (Å²) in [6, 6.07) is 7.61. The fourth-order valence-corrected chi connectivity index (χ4v) is 2.44. The molecule has 1 saturated heterocycles. The van der Waals surface area contributed by atoms with Crippen LogP contribution in [0.1, 0.15) is 25.3 Å². The zero-order chi connectivity index (χ0) is 13.0. The summed E-state index contributed by atoms with van der Waals surface area (Å²) in [6.45, 7) is 2.73. The summed E-state index contributed by atoms with van der Waals surface area (Å²) in [5.41, 5.74) is 1.86. The highest BCUT2D eigenvalue weighted by molar-refractivity contribution is 6.17. The Morgan fingerprint density at radius 3 is 2.78 bits per heavy atom. The molecule has 1 N–H and O–H groups in total. The fraction of sp³-hybridized carbons (Fsp3) is 0.500. The van der Waals surface area contributed by atoms with Gasteiger partial charge >= 0.3 is 0 Å². The lowest BCUT2D eigenvalue weighted by molar-refractivity contribution is -0.121. The van der Waals surface area contributed by atoms with Crippen LogP contribution in [0.5, 0.6) is 0 Å². The Labute approximate surface area is 112 Å². The third kappa shape index (κ3) is 3.03. The van der Waals surface area contributed by atoms with E-state index in [9.17, 15) is 4.79 Å². The normalized spacial score (nSPS) is 23.0. The second-order valence-electron chi connectivity index (χ2n) is 4.53. The van der Waals surface area contributed by atoms with Crippen molar-refractivity contribution in [2.75, 3.05) is 11.9 Å². The number of alkyl halides is 1. The van der Waals surface area contributed by atoms with E-state index >= 15 is 0 Å². The third-order valence-corrected chi connectivity index (χ3v) is 3.63. The van der Waals surface area contributed by atoms with E-state index in [4.69, 9.17) is 16.3 Å². The average Bonchev–Trinajstić information content (AvgIpc) is 2.88. The maximum atomic E-state index is 12.1. The lowest BCUT2D eigenvalue weighted by Gasteiger charge is -2.16. The second-order valence-corrected chi connectivity index (χ2v) is 4.80. The molecule has 98 valence electrons. The number of nitrogens with one attached hydrogen (secondary N) is 1. The third-order valence-electron chi connectivity index (χ3n) is 3.32. The van der Waals surface area contributed by atoms with Crippen molar-refractivity contribution in [2.45, 2.75) is 31.7 Å². The SMILES string of the molecule is CCC1OCCC1C(=O)Nc1ccc(CCl)cc1. The maximum absolute atomic E-state index is 12.1. The van der Waals surface area contributed by atoms with Gasteiger partial charge in [0.25, 0.3) is 0 Å². The fourth-order valence-electron chi connectivity index (χ4n) is 2.26. The van der Waals surface area contributed by atoms with Crippen LogP contribution in [-0.4, -0.2) is 18.6 Å². The summed E-state index contributed by atoms with van der Waals surface area (Å²) in [4.78, 5) is 12.1. The molecular formula is C14H18ClNO2. The van der Waals surface area contributed by atoms with Crippen LogP contribution in [0.15, 0.2) is 24.3 Å². The Morgan fingerprint density at radius 2 is 2.17 bits per heavy atom. The lowest BCUT2D eigenvalue weighted by atomic mass is 9.98. The summed E-state index contributed by atoms with van der Waals surface area (Å²) in [5.74, 6) is 0.517. The van der Waals surface area contributed by atoms with Crippen molar-refractivity contribution < 1.29 is 9.53 Å². The Morgan fingerprint density at radius 1 is 1.44 bits per heavy atom. The van der Waals surface area contributed by atoms with Crippen LogP contribution in [0.2, 0.25) is 0 Å². The van der Waals surface area contributed by atoms with Crippen LogP contribution >= 0.6 is 11.6 Å². The van der Waals surface area contributed by atoms with Crippen molar-refractivity contribution in [2.24, 2.45) is 5.92 Å². The number of benzene rings is 1. The highest BCUT2D eigenvalue weighted by Gasteiger charge is 2.32. The van der Waals surface area contributed by atoms with Crippen LogP contribution in [-0.2, 0) is 15.4 Å². The number of hydrogen-bond donors (Lipinski definition) is 1. The topological polar surface area (TPSA) is 38.3 Å². The minimum absolute atomic E-state index is 0.0253. The Kier molecular flexibility index (Phi) is 4.61. The Hall–Kier alpha value is -1.06. The largest absolute Gasteiger partial charge is 0.377 e. The predicted molar refractivity (Wildman–Crippen MR) is 72.8 cm³/mol. The molecule has 1 aliphatic heterocycles. The van der Waals surface area contributed by atoms with Crippen LogP contribution in [0.3, 0.4) is 0 Å².